The van der Waals surface area contributed by atoms with Crippen LogP contribution in [0.3, 0.4) is 0 Å². The standard InChI is InChI=1S/C30H28F5N7O3S/c1-12-13(2)39-26-21-20(12)22(32)23(16-8-15(36)9-17(31)25(16)45-30(33,34)35)40-27(21)44-14(3)24-18-4-5-29(41-18,11-42(24)26)28(43)38-10-19-37-6-7-46-19/h6-9,14,18,24,41H,4-5,10-11,36H2,1-3H3,(H,38,43). The highest BCUT2D eigenvalue weighted by atomic mass is 32.1. The van der Waals surface area contributed by atoms with Crippen LogP contribution in [0.2, 0.25) is 0 Å². The second-order valence-corrected chi connectivity index (χ2v) is 12.8. The van der Waals surface area contributed by atoms with E-state index in [4.69, 9.17) is 15.5 Å². The van der Waals surface area contributed by atoms with Gasteiger partial charge in [0.25, 0.3) is 0 Å². The first kappa shape index (κ1) is 30.3. The Hall–Kier alpha value is -4.31. The molecule has 3 aliphatic rings. The second kappa shape index (κ2) is 10.6. The van der Waals surface area contributed by atoms with Gasteiger partial charge in [0.05, 0.1) is 23.5 Å². The van der Waals surface area contributed by atoms with Crippen molar-refractivity contribution in [3.63, 3.8) is 0 Å². The molecule has 2 fully saturated rings. The zero-order valence-electron chi connectivity index (χ0n) is 24.8. The minimum atomic E-state index is -5.28. The van der Waals surface area contributed by atoms with Gasteiger partial charge in [0.2, 0.25) is 11.8 Å². The first-order chi connectivity index (χ1) is 21.8. The summed E-state index contributed by atoms with van der Waals surface area (Å²) in [6.45, 7) is 5.55. The molecule has 2 saturated heterocycles. The average molecular weight is 662 g/mol. The number of rotatable bonds is 5. The molecule has 16 heteroatoms. The molecule has 0 saturated carbocycles. The van der Waals surface area contributed by atoms with Crippen LogP contribution >= 0.6 is 11.3 Å². The highest BCUT2D eigenvalue weighted by molar-refractivity contribution is 7.09. The van der Waals surface area contributed by atoms with E-state index in [1.807, 2.05) is 10.3 Å². The van der Waals surface area contributed by atoms with Gasteiger partial charge < -0.3 is 25.4 Å². The quantitative estimate of drug-likeness (QED) is 0.202. The topological polar surface area (TPSA) is 128 Å². The number of hydrogen-bond acceptors (Lipinski definition) is 10. The minimum absolute atomic E-state index is 0.00991. The third-order valence-corrected chi connectivity index (χ3v) is 9.76. The fourth-order valence-electron chi connectivity index (χ4n) is 6.92. The number of benzene rings is 1. The number of hydrogen-bond donors (Lipinski definition) is 3. The summed E-state index contributed by atoms with van der Waals surface area (Å²) in [6.07, 6.45) is -3.04. The molecule has 242 valence electrons. The van der Waals surface area contributed by atoms with Gasteiger partial charge in [-0.1, -0.05) is 0 Å². The number of halogens is 5. The Bertz CT molecular complexity index is 1890. The van der Waals surface area contributed by atoms with Crippen LogP contribution in [0.15, 0.2) is 23.7 Å². The first-order valence-electron chi connectivity index (χ1n) is 14.5. The third-order valence-electron chi connectivity index (χ3n) is 8.98. The normalized spacial score (nSPS) is 23.6. The number of aromatic nitrogens is 3. The Labute approximate surface area is 263 Å². The fraction of sp³-hybridized carbons (Fsp3) is 0.400. The van der Waals surface area contributed by atoms with Gasteiger partial charge in [-0.05, 0) is 45.2 Å². The number of alkyl halides is 3. The predicted octanol–water partition coefficient (Wildman–Crippen LogP) is 4.91. The first-order valence-corrected chi connectivity index (χ1v) is 15.4. The number of carbonyl (C=O) groups is 1. The number of anilines is 2. The number of nitrogen functional groups attached to an aromatic ring is 1. The lowest BCUT2D eigenvalue weighted by Crippen LogP contribution is -2.71. The Morgan fingerprint density at radius 3 is 2.76 bits per heavy atom. The lowest BCUT2D eigenvalue weighted by molar-refractivity contribution is -0.275. The third kappa shape index (κ3) is 4.85. The van der Waals surface area contributed by atoms with Crippen LogP contribution in [-0.2, 0) is 11.3 Å². The maximum atomic E-state index is 16.7. The molecule has 4 atom stereocenters. The van der Waals surface area contributed by atoms with E-state index in [1.165, 1.54) is 11.3 Å². The number of ether oxygens (including phenoxy) is 2. The molecule has 4 N–H and O–H groups in total. The van der Waals surface area contributed by atoms with Gasteiger partial charge in [-0.25, -0.2) is 23.7 Å². The molecule has 1 aromatic carbocycles. The van der Waals surface area contributed by atoms with Crippen molar-refractivity contribution in [1.82, 2.24) is 25.6 Å². The van der Waals surface area contributed by atoms with E-state index in [0.717, 1.165) is 11.1 Å². The van der Waals surface area contributed by atoms with Gasteiger partial charge >= 0.3 is 6.36 Å². The number of pyridine rings is 2. The number of aryl methyl sites for hydroxylation is 2. The number of nitrogens with two attached hydrogens (primary N) is 1. The zero-order valence-corrected chi connectivity index (χ0v) is 25.6. The van der Waals surface area contributed by atoms with Gasteiger partial charge in [-0.15, -0.1) is 24.5 Å². The summed E-state index contributed by atoms with van der Waals surface area (Å²) in [6, 6.07) is 1.03. The Balaban J connectivity index is 1.39. The summed E-state index contributed by atoms with van der Waals surface area (Å²) in [5.74, 6) is -3.70. The van der Waals surface area contributed by atoms with Crippen LogP contribution < -0.4 is 30.7 Å². The van der Waals surface area contributed by atoms with E-state index in [-0.39, 0.29) is 53.4 Å². The second-order valence-electron chi connectivity index (χ2n) is 11.8. The number of thiazole rings is 1. The molecule has 4 aromatic rings. The van der Waals surface area contributed by atoms with Crippen molar-refractivity contribution in [1.29, 1.82) is 0 Å². The van der Waals surface area contributed by atoms with Crippen molar-refractivity contribution in [2.75, 3.05) is 17.2 Å². The van der Waals surface area contributed by atoms with Gasteiger partial charge in [0, 0.05) is 47.0 Å². The zero-order chi connectivity index (χ0) is 32.7. The summed E-state index contributed by atoms with van der Waals surface area (Å²) in [7, 11) is 0. The number of piperazine rings is 1. The Morgan fingerprint density at radius 2 is 2.04 bits per heavy atom. The molecule has 4 unspecified atom stereocenters. The maximum absolute atomic E-state index is 16.7. The number of nitrogens with zero attached hydrogens (tertiary/aromatic N) is 4. The van der Waals surface area contributed by atoms with Crippen molar-refractivity contribution in [3.8, 4) is 22.9 Å². The van der Waals surface area contributed by atoms with Crippen LogP contribution in [-0.4, -0.2) is 57.5 Å². The summed E-state index contributed by atoms with van der Waals surface area (Å²) < 4.78 is 82.0. The molecular formula is C30H28F5N7O3S. The van der Waals surface area contributed by atoms with E-state index < -0.39 is 46.6 Å². The average Bonchev–Trinajstić information content (AvgIpc) is 3.61. The molecule has 46 heavy (non-hydrogen) atoms. The van der Waals surface area contributed by atoms with Crippen LogP contribution in [0, 0.1) is 25.5 Å². The molecule has 0 aliphatic carbocycles. The fourth-order valence-corrected chi connectivity index (χ4v) is 7.47. The van der Waals surface area contributed by atoms with E-state index in [9.17, 15) is 22.4 Å². The van der Waals surface area contributed by atoms with E-state index in [1.54, 1.807) is 27.0 Å². The number of nitrogens with one attached hydrogen (secondary N) is 2. The molecule has 10 nitrogen and oxygen atoms in total. The van der Waals surface area contributed by atoms with Crippen molar-refractivity contribution in [2.24, 2.45) is 0 Å². The monoisotopic (exact) mass is 661 g/mol. The van der Waals surface area contributed by atoms with Gasteiger partial charge in [-0.3, -0.25) is 10.1 Å². The summed E-state index contributed by atoms with van der Waals surface area (Å²) in [4.78, 5) is 29.1. The molecule has 6 heterocycles. The molecular weight excluding hydrogens is 633 g/mol. The minimum Gasteiger partial charge on any atom is -0.472 e. The Morgan fingerprint density at radius 1 is 1.26 bits per heavy atom. The summed E-state index contributed by atoms with van der Waals surface area (Å²) in [5, 5.41) is 9.28. The smallest absolute Gasteiger partial charge is 0.472 e. The number of carbonyl (C=O) groups excluding carboxylic acids is 1. The lowest BCUT2D eigenvalue weighted by Gasteiger charge is -2.47. The van der Waals surface area contributed by atoms with Crippen molar-refractivity contribution in [2.45, 2.75) is 70.2 Å². The van der Waals surface area contributed by atoms with Crippen LogP contribution in [0.4, 0.5) is 33.5 Å². The number of fused-ring (bicyclic) bond motifs is 5. The SMILES string of the molecule is Cc1nc2c3c(nc(-c4cc(N)cc(F)c4OC(F)(F)F)c(F)c3c1C)OC(C)C1C3CCC(C(=O)NCc4nccs4)(CN21)N3. The van der Waals surface area contributed by atoms with Crippen molar-refractivity contribution in [3.05, 3.63) is 51.6 Å². The molecule has 2 bridgehead atoms. The molecule has 3 aliphatic heterocycles. The van der Waals surface area contributed by atoms with E-state index >= 15 is 4.39 Å². The highest BCUT2D eigenvalue weighted by Crippen LogP contribution is 2.48. The predicted molar refractivity (Wildman–Crippen MR) is 160 cm³/mol. The highest BCUT2D eigenvalue weighted by Gasteiger charge is 2.56. The lowest BCUT2D eigenvalue weighted by atomic mass is 9.93. The number of amides is 1. The summed E-state index contributed by atoms with van der Waals surface area (Å²) in [5.41, 5.74) is 4.11. The maximum Gasteiger partial charge on any atom is 0.573 e. The van der Waals surface area contributed by atoms with Crippen LogP contribution in [0.25, 0.3) is 22.0 Å². The van der Waals surface area contributed by atoms with Crippen LogP contribution in [0.1, 0.15) is 36.0 Å². The molecule has 1 amide bonds. The molecule has 3 aromatic heterocycles. The summed E-state index contributed by atoms with van der Waals surface area (Å²) >= 11 is 1.43. The Kier molecular flexibility index (Phi) is 7.01. The largest absolute Gasteiger partial charge is 0.573 e. The van der Waals surface area contributed by atoms with Crippen LogP contribution in [0.5, 0.6) is 11.6 Å². The van der Waals surface area contributed by atoms with Crippen molar-refractivity contribution >= 4 is 39.5 Å². The molecule has 0 spiro atoms. The van der Waals surface area contributed by atoms with Gasteiger partial charge in [0.15, 0.2) is 17.4 Å². The van der Waals surface area contributed by atoms with Crippen molar-refractivity contribution < 1.29 is 36.2 Å². The van der Waals surface area contributed by atoms with Gasteiger partial charge in [-0.2, -0.15) is 0 Å². The van der Waals surface area contributed by atoms with E-state index in [0.29, 0.717) is 36.0 Å². The molecule has 0 radical (unpaired) electrons. The van der Waals surface area contributed by atoms with E-state index in [2.05, 4.69) is 25.3 Å². The van der Waals surface area contributed by atoms with Gasteiger partial charge in [0.1, 0.15) is 28.2 Å². The molecule has 7 rings (SSSR count).